The van der Waals surface area contributed by atoms with Crippen molar-refractivity contribution < 1.29 is 9.90 Å². The third-order valence-corrected chi connectivity index (χ3v) is 3.64. The molecule has 2 rings (SSSR count). The first kappa shape index (κ1) is 12.1. The van der Waals surface area contributed by atoms with E-state index in [0.29, 0.717) is 0 Å². The summed E-state index contributed by atoms with van der Waals surface area (Å²) in [5.74, 6) is -0.832. The van der Waals surface area contributed by atoms with Crippen LogP contribution in [0.15, 0.2) is 18.3 Å². The van der Waals surface area contributed by atoms with Gasteiger partial charge in [-0.3, -0.25) is 9.78 Å². The molecule has 3 nitrogen and oxygen atoms in total. The van der Waals surface area contributed by atoms with Crippen molar-refractivity contribution >= 4 is 5.97 Å². The van der Waals surface area contributed by atoms with E-state index in [0.717, 1.165) is 37.8 Å². The van der Waals surface area contributed by atoms with Crippen molar-refractivity contribution in [2.24, 2.45) is 5.92 Å². The van der Waals surface area contributed by atoms with Crippen LogP contribution in [0.4, 0.5) is 0 Å². The predicted octanol–water partition coefficient (Wildman–Crippen LogP) is 3.00. The highest BCUT2D eigenvalue weighted by Crippen LogP contribution is 2.37. The van der Waals surface area contributed by atoms with Gasteiger partial charge in [0, 0.05) is 17.8 Å². The number of hydrogen-bond donors (Lipinski definition) is 1. The smallest absolute Gasteiger partial charge is 0.307 e. The third kappa shape index (κ3) is 2.48. The van der Waals surface area contributed by atoms with Crippen LogP contribution >= 0.6 is 0 Å². The number of carboxylic acids is 1. The molecule has 3 heteroatoms. The Morgan fingerprint density at radius 1 is 1.65 bits per heavy atom. The number of hydrogen-bond acceptors (Lipinski definition) is 2. The van der Waals surface area contributed by atoms with Crippen LogP contribution in [0.3, 0.4) is 0 Å². The molecular weight excluding hydrogens is 214 g/mol. The molecule has 0 radical (unpaired) electrons. The number of fused-ring (bicyclic) bond motifs is 1. The topological polar surface area (TPSA) is 50.2 Å². The number of rotatable bonds is 4. The normalized spacial score (nSPS) is 20.6. The van der Waals surface area contributed by atoms with Crippen LogP contribution in [-0.4, -0.2) is 16.1 Å². The van der Waals surface area contributed by atoms with Crippen molar-refractivity contribution in [1.29, 1.82) is 0 Å². The summed E-state index contributed by atoms with van der Waals surface area (Å²) in [5.41, 5.74) is 2.27. The molecule has 0 bridgehead atoms. The lowest BCUT2D eigenvalue weighted by atomic mass is 9.77. The molecule has 0 aromatic carbocycles. The molecule has 2 unspecified atom stereocenters. The van der Waals surface area contributed by atoms with E-state index in [1.165, 1.54) is 5.56 Å². The van der Waals surface area contributed by atoms with E-state index >= 15 is 0 Å². The molecule has 1 aromatic heterocycles. The van der Waals surface area contributed by atoms with E-state index in [1.807, 2.05) is 13.0 Å². The van der Waals surface area contributed by atoms with Gasteiger partial charge in [-0.2, -0.15) is 0 Å². The number of carboxylic acid groups (broad SMARTS) is 1. The zero-order chi connectivity index (χ0) is 12.3. The second-order valence-corrected chi connectivity index (χ2v) is 4.78. The quantitative estimate of drug-likeness (QED) is 0.869. The van der Waals surface area contributed by atoms with Crippen molar-refractivity contribution in [2.75, 3.05) is 0 Å². The average Bonchev–Trinajstić information content (AvgIpc) is 2.35. The van der Waals surface area contributed by atoms with Crippen LogP contribution < -0.4 is 0 Å². The molecule has 0 spiro atoms. The molecule has 0 fully saturated rings. The average molecular weight is 233 g/mol. The Morgan fingerprint density at radius 3 is 3.18 bits per heavy atom. The summed E-state index contributed by atoms with van der Waals surface area (Å²) in [6.07, 6.45) is 6.52. The standard InChI is InChI=1S/C14H19NO2/c1-2-5-12(14(16)17)11-8-3-6-10-7-4-9-15-13(10)11/h4,7,9,11-12H,2-3,5-6,8H2,1H3,(H,16,17). The van der Waals surface area contributed by atoms with Crippen LogP contribution in [0.5, 0.6) is 0 Å². The van der Waals surface area contributed by atoms with Gasteiger partial charge in [-0.05, 0) is 37.3 Å². The molecule has 1 heterocycles. The first-order valence-electron chi connectivity index (χ1n) is 6.40. The van der Waals surface area contributed by atoms with Crippen molar-refractivity contribution in [2.45, 2.75) is 44.9 Å². The summed E-state index contributed by atoms with van der Waals surface area (Å²) in [5, 5.41) is 9.35. The maximum Gasteiger partial charge on any atom is 0.307 e. The number of aryl methyl sites for hydroxylation is 1. The molecule has 0 saturated carbocycles. The molecule has 0 saturated heterocycles. The minimum Gasteiger partial charge on any atom is -0.481 e. The molecular formula is C14H19NO2. The Morgan fingerprint density at radius 2 is 2.47 bits per heavy atom. The molecule has 2 atom stereocenters. The van der Waals surface area contributed by atoms with Crippen molar-refractivity contribution in [1.82, 2.24) is 4.98 Å². The Balaban J connectivity index is 2.30. The van der Waals surface area contributed by atoms with E-state index in [-0.39, 0.29) is 11.8 Å². The van der Waals surface area contributed by atoms with Gasteiger partial charge in [-0.1, -0.05) is 19.4 Å². The highest BCUT2D eigenvalue weighted by atomic mass is 16.4. The van der Waals surface area contributed by atoms with Gasteiger partial charge in [-0.15, -0.1) is 0 Å². The first-order chi connectivity index (χ1) is 8.24. The number of carbonyl (C=O) groups is 1. The lowest BCUT2D eigenvalue weighted by Crippen LogP contribution is -2.26. The van der Waals surface area contributed by atoms with Gasteiger partial charge in [0.15, 0.2) is 0 Å². The molecule has 0 amide bonds. The monoisotopic (exact) mass is 233 g/mol. The molecule has 0 aliphatic heterocycles. The summed E-state index contributed by atoms with van der Waals surface area (Å²) in [7, 11) is 0. The summed E-state index contributed by atoms with van der Waals surface area (Å²) in [4.78, 5) is 15.8. The Labute approximate surface area is 102 Å². The van der Waals surface area contributed by atoms with Gasteiger partial charge in [-0.25, -0.2) is 0 Å². The second-order valence-electron chi connectivity index (χ2n) is 4.78. The van der Waals surface area contributed by atoms with Crippen LogP contribution in [0.1, 0.15) is 49.8 Å². The lowest BCUT2D eigenvalue weighted by Gasteiger charge is -2.28. The first-order valence-corrected chi connectivity index (χ1v) is 6.40. The molecule has 17 heavy (non-hydrogen) atoms. The highest BCUT2D eigenvalue weighted by Gasteiger charge is 2.32. The van der Waals surface area contributed by atoms with Crippen molar-refractivity contribution in [3.8, 4) is 0 Å². The van der Waals surface area contributed by atoms with Gasteiger partial charge in [0.05, 0.1) is 5.92 Å². The number of aromatic nitrogens is 1. The van der Waals surface area contributed by atoms with Crippen LogP contribution in [0.2, 0.25) is 0 Å². The highest BCUT2D eigenvalue weighted by molar-refractivity contribution is 5.71. The number of nitrogens with zero attached hydrogens (tertiary/aromatic N) is 1. The maximum atomic E-state index is 11.4. The fourth-order valence-electron chi connectivity index (χ4n) is 2.84. The fraction of sp³-hybridized carbons (Fsp3) is 0.571. The molecule has 1 aromatic rings. The SMILES string of the molecule is CCCC(C(=O)O)C1CCCc2cccnc21. The Kier molecular flexibility index (Phi) is 3.77. The van der Waals surface area contributed by atoms with E-state index in [2.05, 4.69) is 11.1 Å². The maximum absolute atomic E-state index is 11.4. The Hall–Kier alpha value is -1.38. The summed E-state index contributed by atoms with van der Waals surface area (Å²) in [6, 6.07) is 4.02. The lowest BCUT2D eigenvalue weighted by molar-refractivity contribution is -0.143. The zero-order valence-electron chi connectivity index (χ0n) is 10.2. The van der Waals surface area contributed by atoms with Crippen molar-refractivity contribution in [3.05, 3.63) is 29.6 Å². The van der Waals surface area contributed by atoms with Gasteiger partial charge in [0.2, 0.25) is 0 Å². The summed E-state index contributed by atoms with van der Waals surface area (Å²) in [6.45, 7) is 2.04. The molecule has 1 N–H and O–H groups in total. The predicted molar refractivity (Wildman–Crippen MR) is 65.9 cm³/mol. The van der Waals surface area contributed by atoms with E-state index in [1.54, 1.807) is 6.20 Å². The van der Waals surface area contributed by atoms with Gasteiger partial charge in [0.1, 0.15) is 0 Å². The number of aliphatic carboxylic acids is 1. The second kappa shape index (κ2) is 5.30. The largest absolute Gasteiger partial charge is 0.481 e. The van der Waals surface area contributed by atoms with Crippen LogP contribution in [-0.2, 0) is 11.2 Å². The molecule has 1 aliphatic rings. The minimum atomic E-state index is -0.671. The van der Waals surface area contributed by atoms with Gasteiger partial charge >= 0.3 is 5.97 Å². The fourth-order valence-corrected chi connectivity index (χ4v) is 2.84. The minimum absolute atomic E-state index is 0.109. The zero-order valence-corrected chi connectivity index (χ0v) is 10.2. The molecule has 1 aliphatic carbocycles. The van der Waals surface area contributed by atoms with E-state index in [4.69, 9.17) is 0 Å². The Bertz CT molecular complexity index is 403. The molecule has 92 valence electrons. The van der Waals surface area contributed by atoms with Crippen LogP contribution in [0, 0.1) is 5.92 Å². The van der Waals surface area contributed by atoms with Gasteiger partial charge < -0.3 is 5.11 Å². The van der Waals surface area contributed by atoms with Crippen molar-refractivity contribution in [3.63, 3.8) is 0 Å². The van der Waals surface area contributed by atoms with Crippen LogP contribution in [0.25, 0.3) is 0 Å². The van der Waals surface area contributed by atoms with E-state index in [9.17, 15) is 9.90 Å². The van der Waals surface area contributed by atoms with Gasteiger partial charge in [0.25, 0.3) is 0 Å². The summed E-state index contributed by atoms with van der Waals surface area (Å²) >= 11 is 0. The summed E-state index contributed by atoms with van der Waals surface area (Å²) < 4.78 is 0. The number of pyridine rings is 1. The third-order valence-electron chi connectivity index (χ3n) is 3.64. The van der Waals surface area contributed by atoms with E-state index < -0.39 is 5.97 Å².